The summed E-state index contributed by atoms with van der Waals surface area (Å²) >= 11 is 0. The van der Waals surface area contributed by atoms with Crippen LogP contribution in [-0.2, 0) is 0 Å². The number of nitrogens with zero attached hydrogens (tertiary/aromatic N) is 4. The van der Waals surface area contributed by atoms with Gasteiger partial charge in [0.15, 0.2) is 5.82 Å². The summed E-state index contributed by atoms with van der Waals surface area (Å²) in [5, 5.41) is 9.52. The summed E-state index contributed by atoms with van der Waals surface area (Å²) in [5.74, 6) is 1.66. The second kappa shape index (κ2) is 7.45. The third-order valence-corrected chi connectivity index (χ3v) is 4.84. The first kappa shape index (κ1) is 17.1. The summed E-state index contributed by atoms with van der Waals surface area (Å²) in [5.41, 5.74) is 2.90. The lowest BCUT2D eigenvalue weighted by Crippen LogP contribution is -2.40. The second-order valence-corrected chi connectivity index (χ2v) is 7.09. The van der Waals surface area contributed by atoms with Crippen LogP contribution in [-0.4, -0.2) is 59.3 Å². The number of aliphatic hydroxyl groups is 1. The molecule has 1 N–H and O–H groups in total. The third-order valence-electron chi connectivity index (χ3n) is 4.84. The Morgan fingerprint density at radius 2 is 1.83 bits per heavy atom. The summed E-state index contributed by atoms with van der Waals surface area (Å²) in [7, 11) is 2.12. The fraction of sp³-hybridized carbons (Fsp3) is 0.579. The molecule has 0 aliphatic carbocycles. The fourth-order valence-corrected chi connectivity index (χ4v) is 3.64. The van der Waals surface area contributed by atoms with Gasteiger partial charge in [0.1, 0.15) is 0 Å². The summed E-state index contributed by atoms with van der Waals surface area (Å²) in [6, 6.07) is 8.04. The first-order valence-corrected chi connectivity index (χ1v) is 8.88. The fourth-order valence-electron chi connectivity index (χ4n) is 3.64. The minimum atomic E-state index is -0.236. The van der Waals surface area contributed by atoms with Gasteiger partial charge in [-0.2, -0.15) is 0 Å². The molecule has 0 radical (unpaired) electrons. The maximum atomic E-state index is 9.52. The molecule has 1 atom stereocenters. The van der Waals surface area contributed by atoms with E-state index < -0.39 is 0 Å². The molecule has 1 unspecified atom stereocenters. The monoisotopic (exact) mass is 328 g/mol. The number of fused-ring (bicyclic) bond motifs is 1. The number of hydrogen-bond acceptors (Lipinski definition) is 5. The van der Waals surface area contributed by atoms with E-state index in [-0.39, 0.29) is 6.10 Å². The summed E-state index contributed by atoms with van der Waals surface area (Å²) in [6.07, 6.45) is 2.12. The van der Waals surface area contributed by atoms with E-state index in [1.807, 2.05) is 38.1 Å². The highest BCUT2D eigenvalue weighted by Crippen LogP contribution is 2.23. The normalized spacial score (nSPS) is 18.0. The minimum Gasteiger partial charge on any atom is -0.392 e. The Bertz CT molecular complexity index is 680. The van der Waals surface area contributed by atoms with Gasteiger partial charge in [-0.25, -0.2) is 9.97 Å². The molecule has 1 fully saturated rings. The SMILES string of the molecule is Cc1nc2ccccc2nc1N(C)CC1CCN(CC(C)O)CC1. The van der Waals surface area contributed by atoms with E-state index in [0.717, 1.165) is 48.7 Å². The van der Waals surface area contributed by atoms with Crippen molar-refractivity contribution in [2.45, 2.75) is 32.8 Å². The number of rotatable bonds is 5. The summed E-state index contributed by atoms with van der Waals surface area (Å²) in [6.45, 7) is 7.85. The number of benzene rings is 1. The number of hydrogen-bond donors (Lipinski definition) is 1. The van der Waals surface area contributed by atoms with Crippen molar-refractivity contribution < 1.29 is 5.11 Å². The highest BCUT2D eigenvalue weighted by atomic mass is 16.3. The molecule has 1 aliphatic heterocycles. The molecule has 0 saturated carbocycles. The van der Waals surface area contributed by atoms with Crippen molar-refractivity contribution in [3.8, 4) is 0 Å². The molecule has 0 bridgehead atoms. The number of aliphatic hydroxyl groups excluding tert-OH is 1. The van der Waals surface area contributed by atoms with Crippen molar-refractivity contribution in [1.82, 2.24) is 14.9 Å². The van der Waals surface area contributed by atoms with Crippen LogP contribution in [0.25, 0.3) is 11.0 Å². The zero-order valence-electron chi connectivity index (χ0n) is 14.9. The van der Waals surface area contributed by atoms with Crippen LogP contribution in [0.4, 0.5) is 5.82 Å². The van der Waals surface area contributed by atoms with Crippen LogP contribution in [0.1, 0.15) is 25.5 Å². The smallest absolute Gasteiger partial charge is 0.150 e. The van der Waals surface area contributed by atoms with Crippen molar-refractivity contribution in [1.29, 1.82) is 0 Å². The molecule has 1 aromatic heterocycles. The third kappa shape index (κ3) is 4.02. The lowest BCUT2D eigenvalue weighted by atomic mass is 9.96. The predicted molar refractivity (Wildman–Crippen MR) is 98.4 cm³/mol. The molecular weight excluding hydrogens is 300 g/mol. The van der Waals surface area contributed by atoms with Crippen molar-refractivity contribution in [2.75, 3.05) is 38.1 Å². The topological polar surface area (TPSA) is 52.5 Å². The van der Waals surface area contributed by atoms with Crippen molar-refractivity contribution in [2.24, 2.45) is 5.92 Å². The van der Waals surface area contributed by atoms with Crippen LogP contribution >= 0.6 is 0 Å². The Hall–Kier alpha value is -1.72. The molecule has 0 amide bonds. The van der Waals surface area contributed by atoms with E-state index in [2.05, 4.69) is 16.8 Å². The van der Waals surface area contributed by atoms with Gasteiger partial charge < -0.3 is 14.9 Å². The van der Waals surface area contributed by atoms with Crippen LogP contribution in [0.2, 0.25) is 0 Å². The Kier molecular flexibility index (Phi) is 5.31. The highest BCUT2D eigenvalue weighted by molar-refractivity contribution is 5.76. The molecule has 3 rings (SSSR count). The van der Waals surface area contributed by atoms with Crippen LogP contribution in [0, 0.1) is 12.8 Å². The Morgan fingerprint density at radius 1 is 1.21 bits per heavy atom. The number of β-amino-alcohol motifs (C(OH)–C–C–N with tert-alkyl or cyclic N) is 1. The molecular formula is C19H28N4O. The van der Waals surface area contributed by atoms with Crippen LogP contribution in [0.5, 0.6) is 0 Å². The number of piperidine rings is 1. The van der Waals surface area contributed by atoms with Gasteiger partial charge in [0.05, 0.1) is 22.8 Å². The number of anilines is 1. The maximum absolute atomic E-state index is 9.52. The molecule has 5 heteroatoms. The van der Waals surface area contributed by atoms with E-state index in [1.165, 1.54) is 12.8 Å². The van der Waals surface area contributed by atoms with Crippen LogP contribution in [0.3, 0.4) is 0 Å². The number of aromatic nitrogens is 2. The Labute approximate surface area is 144 Å². The van der Waals surface area contributed by atoms with Crippen LogP contribution in [0.15, 0.2) is 24.3 Å². The largest absolute Gasteiger partial charge is 0.392 e. The maximum Gasteiger partial charge on any atom is 0.150 e. The molecule has 24 heavy (non-hydrogen) atoms. The molecule has 5 nitrogen and oxygen atoms in total. The van der Waals surface area contributed by atoms with Gasteiger partial charge in [-0.3, -0.25) is 0 Å². The Balaban J connectivity index is 1.63. The number of likely N-dealkylation sites (tertiary alicyclic amines) is 1. The Morgan fingerprint density at radius 3 is 2.46 bits per heavy atom. The van der Waals surface area contributed by atoms with Gasteiger partial charge in [0.25, 0.3) is 0 Å². The first-order chi connectivity index (χ1) is 11.5. The van der Waals surface area contributed by atoms with Crippen molar-refractivity contribution >= 4 is 16.9 Å². The van der Waals surface area contributed by atoms with Gasteiger partial charge in [0, 0.05) is 20.1 Å². The molecule has 2 aromatic rings. The molecule has 0 spiro atoms. The summed E-state index contributed by atoms with van der Waals surface area (Å²) in [4.78, 5) is 14.1. The number of aryl methyl sites for hydroxylation is 1. The van der Waals surface area contributed by atoms with E-state index >= 15 is 0 Å². The lowest BCUT2D eigenvalue weighted by molar-refractivity contribution is 0.101. The first-order valence-electron chi connectivity index (χ1n) is 8.88. The zero-order valence-corrected chi connectivity index (χ0v) is 14.9. The zero-order chi connectivity index (χ0) is 17.1. The molecule has 130 valence electrons. The molecule has 2 heterocycles. The van der Waals surface area contributed by atoms with Gasteiger partial charge in [-0.1, -0.05) is 12.1 Å². The molecule has 1 aromatic carbocycles. The second-order valence-electron chi connectivity index (χ2n) is 7.09. The van der Waals surface area contributed by atoms with E-state index in [1.54, 1.807) is 0 Å². The van der Waals surface area contributed by atoms with Gasteiger partial charge in [-0.15, -0.1) is 0 Å². The van der Waals surface area contributed by atoms with E-state index in [9.17, 15) is 5.11 Å². The lowest BCUT2D eigenvalue weighted by Gasteiger charge is -2.34. The van der Waals surface area contributed by atoms with Gasteiger partial charge >= 0.3 is 0 Å². The average molecular weight is 328 g/mol. The van der Waals surface area contributed by atoms with E-state index in [4.69, 9.17) is 9.97 Å². The van der Waals surface area contributed by atoms with Crippen molar-refractivity contribution in [3.05, 3.63) is 30.0 Å². The van der Waals surface area contributed by atoms with Gasteiger partial charge in [-0.05, 0) is 57.8 Å². The highest BCUT2D eigenvalue weighted by Gasteiger charge is 2.22. The van der Waals surface area contributed by atoms with Gasteiger partial charge in [0.2, 0.25) is 0 Å². The molecule has 1 aliphatic rings. The molecule has 1 saturated heterocycles. The van der Waals surface area contributed by atoms with E-state index in [0.29, 0.717) is 5.92 Å². The quantitative estimate of drug-likeness (QED) is 0.914. The standard InChI is InChI=1S/C19H28N4O/c1-14(24)12-23-10-8-16(9-11-23)13-22(3)19-15(2)20-17-6-4-5-7-18(17)21-19/h4-7,14,16,24H,8-13H2,1-3H3. The van der Waals surface area contributed by atoms with Crippen molar-refractivity contribution in [3.63, 3.8) is 0 Å². The average Bonchev–Trinajstić information content (AvgIpc) is 2.55. The summed E-state index contributed by atoms with van der Waals surface area (Å²) < 4.78 is 0. The minimum absolute atomic E-state index is 0.236. The predicted octanol–water partition coefficient (Wildman–Crippen LogP) is 2.47. The number of para-hydroxylation sites is 2. The van der Waals surface area contributed by atoms with Crippen LogP contribution < -0.4 is 4.90 Å².